The number of anilines is 2. The molecule has 0 atom stereocenters. The van der Waals surface area contributed by atoms with Crippen molar-refractivity contribution in [2.24, 2.45) is 0 Å². The zero-order valence-corrected chi connectivity index (χ0v) is 14.7. The molecule has 9 heteroatoms. The van der Waals surface area contributed by atoms with Crippen LogP contribution in [0.2, 0.25) is 0 Å². The number of carbonyl (C=O) groups is 1. The van der Waals surface area contributed by atoms with Crippen molar-refractivity contribution < 1.29 is 4.79 Å². The van der Waals surface area contributed by atoms with E-state index in [0.717, 1.165) is 8.95 Å². The number of nitrogens with one attached hydrogen (secondary N) is 3. The summed E-state index contributed by atoms with van der Waals surface area (Å²) in [7, 11) is 0. The number of halogens is 2. The number of aromatic nitrogens is 4. The Bertz CT molecular complexity index is 837. The van der Waals surface area contributed by atoms with Gasteiger partial charge in [-0.2, -0.15) is 5.21 Å². The van der Waals surface area contributed by atoms with Crippen LogP contribution in [0.3, 0.4) is 0 Å². The van der Waals surface area contributed by atoms with Gasteiger partial charge < -0.3 is 10.6 Å². The van der Waals surface area contributed by atoms with E-state index in [-0.39, 0.29) is 6.03 Å². The summed E-state index contributed by atoms with van der Waals surface area (Å²) in [6.45, 7) is 0. The Hall–Kier alpha value is -2.26. The molecule has 0 spiro atoms. The summed E-state index contributed by atoms with van der Waals surface area (Å²) in [5, 5.41) is 19.4. The average Bonchev–Trinajstić information content (AvgIpc) is 3.05. The van der Waals surface area contributed by atoms with Gasteiger partial charge in [-0.05, 0) is 51.5 Å². The Morgan fingerprint density at radius 3 is 2.57 bits per heavy atom. The van der Waals surface area contributed by atoms with E-state index >= 15 is 0 Å². The number of hydrogen-bond donors (Lipinski definition) is 3. The fraction of sp³-hybridized carbons (Fsp3) is 0. The maximum absolute atomic E-state index is 12.2. The summed E-state index contributed by atoms with van der Waals surface area (Å²) in [4.78, 5) is 12.2. The number of carbonyl (C=O) groups excluding carboxylic acids is 1. The lowest BCUT2D eigenvalue weighted by atomic mass is 10.1. The number of para-hydroxylation sites is 1. The average molecular weight is 438 g/mol. The van der Waals surface area contributed by atoms with Crippen LogP contribution in [-0.2, 0) is 0 Å². The lowest BCUT2D eigenvalue weighted by Crippen LogP contribution is -2.20. The highest BCUT2D eigenvalue weighted by Crippen LogP contribution is 2.28. The van der Waals surface area contributed by atoms with E-state index in [9.17, 15) is 4.79 Å². The first kappa shape index (κ1) is 15.6. The molecule has 3 aromatic rings. The minimum Gasteiger partial charge on any atom is -0.307 e. The van der Waals surface area contributed by atoms with E-state index in [0.29, 0.717) is 22.8 Å². The lowest BCUT2D eigenvalue weighted by molar-refractivity contribution is 0.262. The number of rotatable bonds is 3. The number of benzene rings is 2. The number of nitrogens with zero attached hydrogens (tertiary/aromatic N) is 3. The van der Waals surface area contributed by atoms with Gasteiger partial charge in [0.25, 0.3) is 0 Å². The predicted molar refractivity (Wildman–Crippen MR) is 94.1 cm³/mol. The largest absolute Gasteiger partial charge is 0.323 e. The maximum atomic E-state index is 12.2. The summed E-state index contributed by atoms with van der Waals surface area (Å²) >= 11 is 6.78. The fourth-order valence-corrected chi connectivity index (χ4v) is 2.67. The van der Waals surface area contributed by atoms with Crippen LogP contribution in [0.25, 0.3) is 11.4 Å². The molecule has 0 radical (unpaired) electrons. The number of aromatic amines is 1. The normalized spacial score (nSPS) is 10.3. The number of H-pyrrole nitrogens is 1. The molecule has 116 valence electrons. The molecule has 23 heavy (non-hydrogen) atoms. The molecule has 7 nitrogen and oxygen atoms in total. The van der Waals surface area contributed by atoms with Crippen LogP contribution in [0.1, 0.15) is 0 Å². The van der Waals surface area contributed by atoms with Crippen molar-refractivity contribution in [3.8, 4) is 11.4 Å². The molecule has 0 unspecified atom stereocenters. The summed E-state index contributed by atoms with van der Waals surface area (Å²) < 4.78 is 1.64. The van der Waals surface area contributed by atoms with Gasteiger partial charge >= 0.3 is 6.03 Å². The van der Waals surface area contributed by atoms with E-state index in [1.165, 1.54) is 0 Å². The summed E-state index contributed by atoms with van der Waals surface area (Å²) in [5.41, 5.74) is 1.89. The number of amides is 2. The first-order chi connectivity index (χ1) is 11.1. The van der Waals surface area contributed by atoms with E-state index in [4.69, 9.17) is 0 Å². The number of hydrogen-bond acceptors (Lipinski definition) is 4. The minimum absolute atomic E-state index is 0.371. The molecule has 2 amide bonds. The maximum Gasteiger partial charge on any atom is 0.323 e. The van der Waals surface area contributed by atoms with Crippen LogP contribution in [0.15, 0.2) is 51.4 Å². The molecule has 0 saturated heterocycles. The molecular formula is C14H10Br2N6O. The highest BCUT2D eigenvalue weighted by Gasteiger charge is 2.13. The van der Waals surface area contributed by atoms with Crippen molar-refractivity contribution in [3.05, 3.63) is 51.4 Å². The van der Waals surface area contributed by atoms with Gasteiger partial charge in [-0.25, -0.2) is 4.79 Å². The van der Waals surface area contributed by atoms with E-state index in [1.807, 2.05) is 24.3 Å². The summed E-state index contributed by atoms with van der Waals surface area (Å²) in [6, 6.07) is 12.4. The third-order valence-electron chi connectivity index (χ3n) is 2.94. The van der Waals surface area contributed by atoms with Crippen LogP contribution in [0.4, 0.5) is 16.2 Å². The molecule has 2 aromatic carbocycles. The third kappa shape index (κ3) is 3.74. The molecule has 3 N–H and O–H groups in total. The monoisotopic (exact) mass is 436 g/mol. The standard InChI is InChI=1S/C14H10Br2N6O/c15-8-5-6-11(9(7-8)13-19-21-22-20-13)17-14(23)18-12-4-2-1-3-10(12)16/h1-7H,(H2,17,18,23)(H,19,20,21,22). The topological polar surface area (TPSA) is 95.6 Å². The molecule has 1 heterocycles. The van der Waals surface area contributed by atoms with Gasteiger partial charge in [0.15, 0.2) is 0 Å². The first-order valence-corrected chi connectivity index (χ1v) is 8.08. The summed E-state index contributed by atoms with van der Waals surface area (Å²) in [6.07, 6.45) is 0. The molecule has 1 aromatic heterocycles. The molecule has 3 rings (SSSR count). The van der Waals surface area contributed by atoms with Crippen LogP contribution in [-0.4, -0.2) is 26.7 Å². The molecule has 0 aliphatic rings. The van der Waals surface area contributed by atoms with E-state index in [2.05, 4.69) is 63.1 Å². The number of urea groups is 1. The highest BCUT2D eigenvalue weighted by molar-refractivity contribution is 9.10. The van der Waals surface area contributed by atoms with Crippen LogP contribution < -0.4 is 10.6 Å². The molecule has 0 fully saturated rings. The van der Waals surface area contributed by atoms with Crippen molar-refractivity contribution in [1.29, 1.82) is 0 Å². The van der Waals surface area contributed by atoms with Gasteiger partial charge in [0.1, 0.15) is 0 Å². The number of tetrazole rings is 1. The van der Waals surface area contributed by atoms with Gasteiger partial charge in [0, 0.05) is 14.5 Å². The molecular weight excluding hydrogens is 428 g/mol. The van der Waals surface area contributed by atoms with Gasteiger partial charge in [0.05, 0.1) is 11.4 Å². The van der Waals surface area contributed by atoms with Crippen molar-refractivity contribution >= 4 is 49.3 Å². The van der Waals surface area contributed by atoms with E-state index < -0.39 is 0 Å². The first-order valence-electron chi connectivity index (χ1n) is 6.49. The van der Waals surface area contributed by atoms with Crippen molar-refractivity contribution in [1.82, 2.24) is 20.6 Å². The Morgan fingerprint density at radius 2 is 1.83 bits per heavy atom. The second kappa shape index (κ2) is 6.88. The molecule has 0 aliphatic carbocycles. The SMILES string of the molecule is O=C(Nc1ccccc1Br)Nc1ccc(Br)cc1-c1nn[nH]n1. The quantitative estimate of drug-likeness (QED) is 0.576. The second-order valence-electron chi connectivity index (χ2n) is 4.48. The van der Waals surface area contributed by atoms with Crippen molar-refractivity contribution in [2.45, 2.75) is 0 Å². The van der Waals surface area contributed by atoms with Gasteiger partial charge in [-0.15, -0.1) is 10.2 Å². The van der Waals surface area contributed by atoms with Crippen molar-refractivity contribution in [3.63, 3.8) is 0 Å². The minimum atomic E-state index is -0.371. The highest BCUT2D eigenvalue weighted by atomic mass is 79.9. The zero-order chi connectivity index (χ0) is 16.2. The van der Waals surface area contributed by atoms with Crippen LogP contribution >= 0.6 is 31.9 Å². The summed E-state index contributed by atoms with van der Waals surface area (Å²) in [5.74, 6) is 0.391. The smallest absolute Gasteiger partial charge is 0.307 e. The van der Waals surface area contributed by atoms with Gasteiger partial charge in [-0.1, -0.05) is 28.1 Å². The lowest BCUT2D eigenvalue weighted by Gasteiger charge is -2.11. The Kier molecular flexibility index (Phi) is 4.68. The van der Waals surface area contributed by atoms with Gasteiger partial charge in [0.2, 0.25) is 5.82 Å². The van der Waals surface area contributed by atoms with E-state index in [1.54, 1.807) is 18.2 Å². The van der Waals surface area contributed by atoms with Gasteiger partial charge in [-0.3, -0.25) is 0 Å². The third-order valence-corrected chi connectivity index (χ3v) is 4.12. The Balaban J connectivity index is 1.83. The fourth-order valence-electron chi connectivity index (χ4n) is 1.92. The second-order valence-corrected chi connectivity index (χ2v) is 6.25. The predicted octanol–water partition coefficient (Wildman–Crippen LogP) is 4.04. The van der Waals surface area contributed by atoms with Crippen LogP contribution in [0, 0.1) is 0 Å². The Morgan fingerprint density at radius 1 is 1.04 bits per heavy atom. The Labute approximate surface area is 148 Å². The van der Waals surface area contributed by atoms with Crippen LogP contribution in [0.5, 0.6) is 0 Å². The molecule has 0 bridgehead atoms. The molecule has 0 aliphatic heterocycles. The van der Waals surface area contributed by atoms with Crippen molar-refractivity contribution in [2.75, 3.05) is 10.6 Å². The zero-order valence-electron chi connectivity index (χ0n) is 11.5. The molecule has 0 saturated carbocycles.